The fraction of sp³-hybridized carbons (Fsp3) is 0.900. The highest BCUT2D eigenvalue weighted by molar-refractivity contribution is 5.79. The van der Waals surface area contributed by atoms with Gasteiger partial charge in [0.1, 0.15) is 0 Å². The molecule has 1 rings (SSSR count). The van der Waals surface area contributed by atoms with E-state index < -0.39 is 13.0 Å². The standard InChI is InChI=1S/C10H17F2NO2/c1-7(8-2-3-8)10(15)13(4-5-14)6-9(11)12/h7-9,14H,2-6H2,1H3. The van der Waals surface area contributed by atoms with Crippen molar-refractivity contribution in [1.82, 2.24) is 4.90 Å². The maximum absolute atomic E-state index is 12.2. The molecular weight excluding hydrogens is 204 g/mol. The van der Waals surface area contributed by atoms with Crippen LogP contribution in [-0.2, 0) is 4.79 Å². The Morgan fingerprint density at radius 2 is 2.13 bits per heavy atom. The number of carbonyl (C=O) groups excluding carboxylic acids is 1. The molecule has 0 aromatic carbocycles. The summed E-state index contributed by atoms with van der Waals surface area (Å²) in [7, 11) is 0. The molecule has 5 heteroatoms. The summed E-state index contributed by atoms with van der Waals surface area (Å²) in [6.07, 6.45) is -0.518. The SMILES string of the molecule is CC(C(=O)N(CCO)CC(F)F)C1CC1. The third-order valence-corrected chi connectivity index (χ3v) is 2.76. The van der Waals surface area contributed by atoms with E-state index in [0.717, 1.165) is 17.7 Å². The number of hydrogen-bond donors (Lipinski definition) is 1. The van der Waals surface area contributed by atoms with Gasteiger partial charge in [0.2, 0.25) is 5.91 Å². The normalized spacial score (nSPS) is 17.9. The molecular formula is C10H17F2NO2. The molecule has 1 aliphatic carbocycles. The van der Waals surface area contributed by atoms with Crippen LogP contribution in [0.15, 0.2) is 0 Å². The van der Waals surface area contributed by atoms with E-state index in [2.05, 4.69) is 0 Å². The highest BCUT2D eigenvalue weighted by Gasteiger charge is 2.35. The topological polar surface area (TPSA) is 40.5 Å². The summed E-state index contributed by atoms with van der Waals surface area (Å²) in [5.74, 6) is -0.0847. The fourth-order valence-electron chi connectivity index (χ4n) is 1.66. The van der Waals surface area contributed by atoms with Crippen molar-refractivity contribution < 1.29 is 18.7 Å². The molecule has 3 nitrogen and oxygen atoms in total. The van der Waals surface area contributed by atoms with Crippen LogP contribution in [0.2, 0.25) is 0 Å². The monoisotopic (exact) mass is 221 g/mol. The molecule has 1 N–H and O–H groups in total. The molecule has 15 heavy (non-hydrogen) atoms. The minimum absolute atomic E-state index is 0.000231. The first kappa shape index (κ1) is 12.4. The summed E-state index contributed by atoms with van der Waals surface area (Å²) in [5.41, 5.74) is 0. The molecule has 1 aliphatic rings. The van der Waals surface area contributed by atoms with Crippen LogP contribution in [0, 0.1) is 11.8 Å². The third-order valence-electron chi connectivity index (χ3n) is 2.76. The van der Waals surface area contributed by atoms with Crippen molar-refractivity contribution >= 4 is 5.91 Å². The lowest BCUT2D eigenvalue weighted by Gasteiger charge is -2.24. The number of carbonyl (C=O) groups is 1. The second-order valence-electron chi connectivity index (χ2n) is 4.03. The Kier molecular flexibility index (Phi) is 4.45. The van der Waals surface area contributed by atoms with Crippen LogP contribution in [0.4, 0.5) is 8.78 Å². The quantitative estimate of drug-likeness (QED) is 0.730. The predicted octanol–water partition coefficient (Wildman–Crippen LogP) is 1.12. The first-order chi connectivity index (χ1) is 7.06. The number of aliphatic hydroxyl groups excluding tert-OH is 1. The van der Waals surface area contributed by atoms with Crippen molar-refractivity contribution in [2.24, 2.45) is 11.8 Å². The van der Waals surface area contributed by atoms with Gasteiger partial charge in [-0.05, 0) is 18.8 Å². The average molecular weight is 221 g/mol. The molecule has 0 aromatic rings. The van der Waals surface area contributed by atoms with Crippen LogP contribution in [0.5, 0.6) is 0 Å². The number of aliphatic hydroxyl groups is 1. The Bertz CT molecular complexity index is 219. The summed E-state index contributed by atoms with van der Waals surface area (Å²) in [4.78, 5) is 12.8. The molecule has 0 radical (unpaired) electrons. The van der Waals surface area contributed by atoms with Crippen LogP contribution in [-0.4, -0.2) is 42.0 Å². The molecule has 0 spiro atoms. The van der Waals surface area contributed by atoms with Gasteiger partial charge in [-0.15, -0.1) is 0 Å². The number of nitrogens with zero attached hydrogens (tertiary/aromatic N) is 1. The van der Waals surface area contributed by atoms with Crippen LogP contribution in [0.3, 0.4) is 0 Å². The van der Waals surface area contributed by atoms with E-state index >= 15 is 0 Å². The maximum Gasteiger partial charge on any atom is 0.255 e. The Labute approximate surface area is 88.1 Å². The predicted molar refractivity (Wildman–Crippen MR) is 51.6 cm³/mol. The zero-order valence-corrected chi connectivity index (χ0v) is 8.83. The van der Waals surface area contributed by atoms with Crippen LogP contribution in [0.1, 0.15) is 19.8 Å². The second kappa shape index (κ2) is 5.39. The van der Waals surface area contributed by atoms with E-state index in [1.807, 2.05) is 0 Å². The van der Waals surface area contributed by atoms with E-state index in [1.165, 1.54) is 0 Å². The summed E-state index contributed by atoms with van der Waals surface area (Å²) < 4.78 is 24.3. The summed E-state index contributed by atoms with van der Waals surface area (Å²) >= 11 is 0. The Hall–Kier alpha value is -0.710. The fourth-order valence-corrected chi connectivity index (χ4v) is 1.66. The van der Waals surface area contributed by atoms with Crippen LogP contribution >= 0.6 is 0 Å². The van der Waals surface area contributed by atoms with Crippen molar-refractivity contribution in [3.05, 3.63) is 0 Å². The van der Waals surface area contributed by atoms with Crippen LogP contribution < -0.4 is 0 Å². The lowest BCUT2D eigenvalue weighted by molar-refractivity contribution is -0.138. The van der Waals surface area contributed by atoms with Gasteiger partial charge in [0.05, 0.1) is 13.2 Å². The minimum atomic E-state index is -2.54. The van der Waals surface area contributed by atoms with Gasteiger partial charge in [-0.1, -0.05) is 6.92 Å². The summed E-state index contributed by atoms with van der Waals surface area (Å²) in [5, 5.41) is 8.70. The molecule has 0 heterocycles. The van der Waals surface area contributed by atoms with Crippen molar-refractivity contribution in [2.45, 2.75) is 26.2 Å². The molecule has 1 amide bonds. The molecule has 1 fully saturated rings. The van der Waals surface area contributed by atoms with Crippen LogP contribution in [0.25, 0.3) is 0 Å². The first-order valence-corrected chi connectivity index (χ1v) is 5.24. The zero-order valence-electron chi connectivity index (χ0n) is 8.83. The molecule has 0 aromatic heterocycles. The summed E-state index contributed by atoms with van der Waals surface area (Å²) in [6, 6.07) is 0. The van der Waals surface area contributed by atoms with Crippen molar-refractivity contribution in [2.75, 3.05) is 19.7 Å². The molecule has 1 atom stereocenters. The van der Waals surface area contributed by atoms with E-state index in [9.17, 15) is 13.6 Å². The van der Waals surface area contributed by atoms with Gasteiger partial charge < -0.3 is 10.0 Å². The molecule has 0 saturated heterocycles. The van der Waals surface area contributed by atoms with Crippen molar-refractivity contribution in [3.63, 3.8) is 0 Å². The van der Waals surface area contributed by atoms with Crippen molar-refractivity contribution in [1.29, 1.82) is 0 Å². The highest BCUT2D eigenvalue weighted by atomic mass is 19.3. The number of halogens is 2. The molecule has 0 bridgehead atoms. The highest BCUT2D eigenvalue weighted by Crippen LogP contribution is 2.37. The van der Waals surface area contributed by atoms with Gasteiger partial charge in [0, 0.05) is 12.5 Å². The maximum atomic E-state index is 12.2. The Balaban J connectivity index is 2.48. The number of amides is 1. The second-order valence-corrected chi connectivity index (χ2v) is 4.03. The van der Waals surface area contributed by atoms with E-state index in [1.54, 1.807) is 6.92 Å². The van der Waals surface area contributed by atoms with Gasteiger partial charge in [0.25, 0.3) is 6.43 Å². The molecule has 0 aliphatic heterocycles. The van der Waals surface area contributed by atoms with Gasteiger partial charge in [0.15, 0.2) is 0 Å². The lowest BCUT2D eigenvalue weighted by Crippen LogP contribution is -2.40. The largest absolute Gasteiger partial charge is 0.395 e. The van der Waals surface area contributed by atoms with E-state index in [4.69, 9.17) is 5.11 Å². The lowest BCUT2D eigenvalue weighted by atomic mass is 10.1. The van der Waals surface area contributed by atoms with Crippen molar-refractivity contribution in [3.8, 4) is 0 Å². The number of alkyl halides is 2. The van der Waals surface area contributed by atoms with Gasteiger partial charge >= 0.3 is 0 Å². The van der Waals surface area contributed by atoms with Gasteiger partial charge in [-0.3, -0.25) is 4.79 Å². The van der Waals surface area contributed by atoms with Gasteiger partial charge in [-0.2, -0.15) is 0 Å². The molecule has 1 unspecified atom stereocenters. The smallest absolute Gasteiger partial charge is 0.255 e. The average Bonchev–Trinajstić information content (AvgIpc) is 2.97. The minimum Gasteiger partial charge on any atom is -0.395 e. The number of rotatable bonds is 6. The molecule has 88 valence electrons. The van der Waals surface area contributed by atoms with E-state index in [0.29, 0.717) is 5.92 Å². The van der Waals surface area contributed by atoms with Gasteiger partial charge in [-0.25, -0.2) is 8.78 Å². The summed E-state index contributed by atoms with van der Waals surface area (Å²) in [6.45, 7) is 0.933. The Morgan fingerprint density at radius 3 is 2.53 bits per heavy atom. The third kappa shape index (κ3) is 3.74. The Morgan fingerprint density at radius 1 is 1.53 bits per heavy atom. The molecule has 1 saturated carbocycles. The zero-order chi connectivity index (χ0) is 11.4. The number of hydrogen-bond acceptors (Lipinski definition) is 2. The first-order valence-electron chi connectivity index (χ1n) is 5.24. The van der Waals surface area contributed by atoms with E-state index in [-0.39, 0.29) is 25.0 Å².